The molecule has 0 N–H and O–H groups in total. The normalized spacial score (nSPS) is 11.3. The molecule has 0 unspecified atom stereocenters. The van der Waals surface area contributed by atoms with E-state index in [-0.39, 0.29) is 0 Å². The molecule has 4 heterocycles. The molecule has 1 aromatic carbocycles. The fourth-order valence-corrected chi connectivity index (χ4v) is 4.60. The number of aryl methyl sites for hydroxylation is 1. The van der Waals surface area contributed by atoms with Gasteiger partial charge < -0.3 is 9.14 Å². The smallest absolute Gasteiger partial charge is 0.196 e. The number of ether oxygens (including phenoxy) is 1. The second kappa shape index (κ2) is 6.83. The molecule has 0 atom stereocenters. The third kappa shape index (κ3) is 2.80. The molecule has 0 radical (unpaired) electrons. The molecule has 0 aliphatic carbocycles. The van der Waals surface area contributed by atoms with Crippen LogP contribution in [0.1, 0.15) is 16.7 Å². The van der Waals surface area contributed by atoms with Gasteiger partial charge in [0.1, 0.15) is 11.8 Å². The largest absolute Gasteiger partial charge is 0.497 e. The van der Waals surface area contributed by atoms with Crippen molar-refractivity contribution in [1.82, 2.24) is 19.0 Å². The Labute approximate surface area is 171 Å². The van der Waals surface area contributed by atoms with E-state index >= 15 is 0 Å². The molecular weight excluding hydrogens is 382 g/mol. The maximum atomic E-state index is 9.64. The average Bonchev–Trinajstić information content (AvgIpc) is 3.32. The molecule has 0 aliphatic heterocycles. The first kappa shape index (κ1) is 17.6. The predicted molar refractivity (Wildman–Crippen MR) is 113 cm³/mol. The number of thioether (sulfide) groups is 1. The van der Waals surface area contributed by atoms with E-state index in [2.05, 4.69) is 33.7 Å². The van der Waals surface area contributed by atoms with Gasteiger partial charge in [-0.25, -0.2) is 0 Å². The molecular formula is C22H17N5OS. The third-order valence-corrected chi connectivity index (χ3v) is 6.08. The van der Waals surface area contributed by atoms with Gasteiger partial charge in [-0.1, -0.05) is 17.8 Å². The molecule has 0 spiro atoms. The molecule has 0 aliphatic rings. The zero-order valence-corrected chi connectivity index (χ0v) is 16.8. The van der Waals surface area contributed by atoms with E-state index < -0.39 is 0 Å². The van der Waals surface area contributed by atoms with Crippen LogP contribution in [0.5, 0.6) is 5.75 Å². The standard InChI is InChI=1S/C22H17N5OS/c1-14-9-21-24-25-22(27(21)20-10-16(28-2)6-7-17(14)20)29-13-15-12-26-8-4-3-5-19(26)18(15)11-23/h3-10,12H,13H2,1-2H3. The highest BCUT2D eigenvalue weighted by molar-refractivity contribution is 7.98. The van der Waals surface area contributed by atoms with Crippen molar-refractivity contribution in [3.8, 4) is 11.8 Å². The minimum atomic E-state index is 0.630. The Kier molecular flexibility index (Phi) is 4.14. The van der Waals surface area contributed by atoms with Crippen LogP contribution in [0.3, 0.4) is 0 Å². The Morgan fingerprint density at radius 1 is 1.14 bits per heavy atom. The maximum Gasteiger partial charge on any atom is 0.196 e. The van der Waals surface area contributed by atoms with Crippen molar-refractivity contribution in [2.75, 3.05) is 7.11 Å². The Balaban J connectivity index is 1.60. The number of pyridine rings is 2. The van der Waals surface area contributed by atoms with E-state index in [1.54, 1.807) is 18.9 Å². The maximum absolute atomic E-state index is 9.64. The van der Waals surface area contributed by atoms with E-state index in [1.807, 2.05) is 53.2 Å². The number of nitriles is 1. The van der Waals surface area contributed by atoms with Crippen molar-refractivity contribution in [3.63, 3.8) is 0 Å². The summed E-state index contributed by atoms with van der Waals surface area (Å²) in [6, 6.07) is 16.3. The van der Waals surface area contributed by atoms with Gasteiger partial charge in [0.25, 0.3) is 0 Å². The summed E-state index contributed by atoms with van der Waals surface area (Å²) in [7, 11) is 1.66. The third-order valence-electron chi connectivity index (χ3n) is 5.11. The number of rotatable bonds is 4. The summed E-state index contributed by atoms with van der Waals surface area (Å²) in [5, 5.41) is 20.3. The summed E-state index contributed by atoms with van der Waals surface area (Å²) in [6.07, 6.45) is 3.97. The van der Waals surface area contributed by atoms with Gasteiger partial charge in [-0.15, -0.1) is 10.2 Å². The van der Waals surface area contributed by atoms with Gasteiger partial charge in [-0.05, 0) is 48.4 Å². The fourth-order valence-electron chi connectivity index (χ4n) is 3.68. The lowest BCUT2D eigenvalue weighted by Crippen LogP contribution is -1.95. The Morgan fingerprint density at radius 2 is 2.03 bits per heavy atom. The highest BCUT2D eigenvalue weighted by atomic mass is 32.2. The summed E-state index contributed by atoms with van der Waals surface area (Å²) < 4.78 is 9.46. The van der Waals surface area contributed by atoms with Crippen molar-refractivity contribution in [2.45, 2.75) is 17.8 Å². The van der Waals surface area contributed by atoms with Gasteiger partial charge in [0.05, 0.1) is 23.7 Å². The monoisotopic (exact) mass is 399 g/mol. The Morgan fingerprint density at radius 3 is 2.86 bits per heavy atom. The number of hydrogen-bond donors (Lipinski definition) is 0. The molecule has 7 heteroatoms. The zero-order valence-electron chi connectivity index (χ0n) is 16.0. The number of hydrogen-bond acceptors (Lipinski definition) is 5. The molecule has 0 fully saturated rings. The minimum Gasteiger partial charge on any atom is -0.497 e. The number of benzene rings is 1. The molecule has 5 rings (SSSR count). The number of fused-ring (bicyclic) bond motifs is 4. The van der Waals surface area contributed by atoms with Crippen LogP contribution in [0.25, 0.3) is 22.1 Å². The van der Waals surface area contributed by atoms with Gasteiger partial charge in [0.15, 0.2) is 10.8 Å². The summed E-state index contributed by atoms with van der Waals surface area (Å²) in [4.78, 5) is 0. The van der Waals surface area contributed by atoms with E-state index in [1.165, 1.54) is 0 Å². The molecule has 0 saturated carbocycles. The van der Waals surface area contributed by atoms with Crippen LogP contribution in [0.15, 0.2) is 60.0 Å². The van der Waals surface area contributed by atoms with E-state index in [0.29, 0.717) is 11.3 Å². The Hall–Kier alpha value is -3.50. The van der Waals surface area contributed by atoms with Crippen LogP contribution in [0, 0.1) is 18.3 Å². The SMILES string of the molecule is COc1ccc2c(C)cc3nnc(SCc4cn5ccccc5c4C#N)n3c2c1. The first-order valence-corrected chi connectivity index (χ1v) is 10.1. The highest BCUT2D eigenvalue weighted by Crippen LogP contribution is 2.31. The molecule has 5 aromatic rings. The quantitative estimate of drug-likeness (QED) is 0.413. The van der Waals surface area contributed by atoms with Crippen molar-refractivity contribution in [1.29, 1.82) is 5.26 Å². The molecule has 0 bridgehead atoms. The molecule has 142 valence electrons. The minimum absolute atomic E-state index is 0.630. The number of aromatic nitrogens is 4. The van der Waals surface area contributed by atoms with E-state index in [4.69, 9.17) is 4.74 Å². The molecule has 0 amide bonds. The van der Waals surface area contributed by atoms with Gasteiger partial charge in [-0.2, -0.15) is 5.26 Å². The van der Waals surface area contributed by atoms with Crippen LogP contribution in [0.2, 0.25) is 0 Å². The molecule has 29 heavy (non-hydrogen) atoms. The Bertz CT molecular complexity index is 1430. The lowest BCUT2D eigenvalue weighted by Gasteiger charge is -2.09. The number of methoxy groups -OCH3 is 1. The van der Waals surface area contributed by atoms with Crippen LogP contribution < -0.4 is 4.74 Å². The van der Waals surface area contributed by atoms with Crippen molar-refractivity contribution in [2.24, 2.45) is 0 Å². The van der Waals surface area contributed by atoms with Crippen LogP contribution in [-0.2, 0) is 5.75 Å². The predicted octanol–water partition coefficient (Wildman–Crippen LogP) is 4.62. The summed E-state index contributed by atoms with van der Waals surface area (Å²) in [5.74, 6) is 1.42. The average molecular weight is 399 g/mol. The first-order chi connectivity index (χ1) is 14.2. The molecule has 6 nitrogen and oxygen atoms in total. The van der Waals surface area contributed by atoms with E-state index in [0.717, 1.165) is 44.1 Å². The van der Waals surface area contributed by atoms with Gasteiger partial charge in [0, 0.05) is 29.6 Å². The van der Waals surface area contributed by atoms with Gasteiger partial charge in [-0.3, -0.25) is 4.40 Å². The number of nitrogens with zero attached hydrogens (tertiary/aromatic N) is 5. The summed E-state index contributed by atoms with van der Waals surface area (Å²) in [5.41, 5.74) is 5.55. The topological polar surface area (TPSA) is 67.6 Å². The zero-order chi connectivity index (χ0) is 20.0. The summed E-state index contributed by atoms with van der Waals surface area (Å²) in [6.45, 7) is 2.07. The van der Waals surface area contributed by atoms with Crippen molar-refractivity contribution < 1.29 is 4.74 Å². The lowest BCUT2D eigenvalue weighted by atomic mass is 10.1. The van der Waals surface area contributed by atoms with Gasteiger partial charge >= 0.3 is 0 Å². The summed E-state index contributed by atoms with van der Waals surface area (Å²) >= 11 is 1.57. The second-order valence-corrected chi connectivity index (χ2v) is 7.75. The second-order valence-electron chi connectivity index (χ2n) is 6.81. The fraction of sp³-hybridized carbons (Fsp3) is 0.136. The molecule has 4 aromatic heterocycles. The van der Waals surface area contributed by atoms with Crippen LogP contribution in [-0.4, -0.2) is 26.1 Å². The van der Waals surface area contributed by atoms with E-state index in [9.17, 15) is 5.26 Å². The van der Waals surface area contributed by atoms with Crippen LogP contribution in [0.4, 0.5) is 0 Å². The highest BCUT2D eigenvalue weighted by Gasteiger charge is 2.15. The van der Waals surface area contributed by atoms with Crippen molar-refractivity contribution >= 4 is 33.8 Å². The molecule has 0 saturated heterocycles. The van der Waals surface area contributed by atoms with Crippen molar-refractivity contribution in [3.05, 3.63) is 71.5 Å². The first-order valence-electron chi connectivity index (χ1n) is 9.13. The van der Waals surface area contributed by atoms with Gasteiger partial charge in [0.2, 0.25) is 0 Å². The van der Waals surface area contributed by atoms with Crippen LogP contribution >= 0.6 is 11.8 Å². The lowest BCUT2D eigenvalue weighted by molar-refractivity contribution is 0.415.